The normalized spacial score (nSPS) is 10.6. The van der Waals surface area contributed by atoms with Crippen LogP contribution in [0.25, 0.3) is 0 Å². The Hall–Kier alpha value is -1.06. The SMILES string of the molecule is N=C(NCCCc1c[nH]cn1)NCCSCc1nscc1Br. The summed E-state index contributed by atoms with van der Waals surface area (Å²) in [5, 5.41) is 15.9. The highest BCUT2D eigenvalue weighted by Crippen LogP contribution is 2.21. The van der Waals surface area contributed by atoms with Crippen molar-refractivity contribution in [1.82, 2.24) is 25.0 Å². The lowest BCUT2D eigenvalue weighted by Crippen LogP contribution is -2.38. The fourth-order valence-corrected chi connectivity index (χ4v) is 3.97. The molecule has 0 unspecified atom stereocenters. The zero-order valence-corrected chi connectivity index (χ0v) is 15.3. The predicted molar refractivity (Wildman–Crippen MR) is 96.6 cm³/mol. The first-order chi connectivity index (χ1) is 10.8. The van der Waals surface area contributed by atoms with E-state index >= 15 is 0 Å². The van der Waals surface area contributed by atoms with E-state index in [1.54, 1.807) is 6.33 Å². The molecule has 2 heterocycles. The van der Waals surface area contributed by atoms with Gasteiger partial charge in [-0.1, -0.05) is 0 Å². The van der Waals surface area contributed by atoms with E-state index in [1.165, 1.54) is 11.5 Å². The molecule has 0 spiro atoms. The third-order valence-corrected chi connectivity index (χ3v) is 5.47. The summed E-state index contributed by atoms with van der Waals surface area (Å²) in [7, 11) is 0. The Labute approximate surface area is 146 Å². The van der Waals surface area contributed by atoms with Crippen LogP contribution >= 0.6 is 39.2 Å². The molecule has 2 rings (SSSR count). The van der Waals surface area contributed by atoms with Crippen LogP contribution < -0.4 is 10.6 Å². The summed E-state index contributed by atoms with van der Waals surface area (Å²) < 4.78 is 5.40. The minimum Gasteiger partial charge on any atom is -0.357 e. The van der Waals surface area contributed by atoms with Crippen LogP contribution in [0.15, 0.2) is 22.4 Å². The summed E-state index contributed by atoms with van der Waals surface area (Å²) in [4.78, 5) is 7.10. The van der Waals surface area contributed by atoms with Crippen molar-refractivity contribution in [3.05, 3.63) is 33.8 Å². The number of nitrogens with zero attached hydrogens (tertiary/aromatic N) is 2. The van der Waals surface area contributed by atoms with Gasteiger partial charge in [0, 0.05) is 36.2 Å². The van der Waals surface area contributed by atoms with Crippen molar-refractivity contribution in [2.24, 2.45) is 0 Å². The van der Waals surface area contributed by atoms with Gasteiger partial charge in [0.25, 0.3) is 0 Å². The van der Waals surface area contributed by atoms with Crippen molar-refractivity contribution in [2.45, 2.75) is 18.6 Å². The lowest BCUT2D eigenvalue weighted by molar-refractivity contribution is 0.739. The second-order valence-corrected chi connectivity index (χ2v) is 7.14. The number of guanidine groups is 1. The van der Waals surface area contributed by atoms with Crippen LogP contribution in [-0.2, 0) is 12.2 Å². The number of hydrogen-bond donors (Lipinski definition) is 4. The monoisotopic (exact) mass is 402 g/mol. The summed E-state index contributed by atoms with van der Waals surface area (Å²) in [6, 6.07) is 0. The van der Waals surface area contributed by atoms with Crippen LogP contribution in [-0.4, -0.2) is 39.1 Å². The molecular weight excluding hydrogens is 384 g/mol. The number of aryl methyl sites for hydroxylation is 1. The fraction of sp³-hybridized carbons (Fsp3) is 0.462. The Morgan fingerprint density at radius 3 is 3.00 bits per heavy atom. The van der Waals surface area contributed by atoms with Crippen molar-refractivity contribution in [2.75, 3.05) is 18.8 Å². The Balaban J connectivity index is 1.45. The molecule has 2 aromatic rings. The van der Waals surface area contributed by atoms with Crippen molar-refractivity contribution in [1.29, 1.82) is 5.41 Å². The van der Waals surface area contributed by atoms with Gasteiger partial charge in [-0.25, -0.2) is 4.98 Å². The highest BCUT2D eigenvalue weighted by molar-refractivity contribution is 9.10. The van der Waals surface area contributed by atoms with Crippen LogP contribution in [0, 0.1) is 5.41 Å². The van der Waals surface area contributed by atoms with Crippen LogP contribution in [0.5, 0.6) is 0 Å². The molecule has 0 fully saturated rings. The van der Waals surface area contributed by atoms with E-state index in [1.807, 2.05) is 23.3 Å². The van der Waals surface area contributed by atoms with Crippen LogP contribution in [0.1, 0.15) is 17.8 Å². The average molecular weight is 403 g/mol. The molecule has 0 radical (unpaired) electrons. The van der Waals surface area contributed by atoms with E-state index in [0.29, 0.717) is 5.96 Å². The number of rotatable bonds is 9. The van der Waals surface area contributed by atoms with Gasteiger partial charge in [0.1, 0.15) is 0 Å². The van der Waals surface area contributed by atoms with Gasteiger partial charge in [0.05, 0.1) is 22.2 Å². The molecule has 22 heavy (non-hydrogen) atoms. The Morgan fingerprint density at radius 1 is 1.41 bits per heavy atom. The number of aromatic nitrogens is 3. The maximum Gasteiger partial charge on any atom is 0.188 e. The summed E-state index contributed by atoms with van der Waals surface area (Å²) in [6.45, 7) is 1.55. The molecule has 4 N–H and O–H groups in total. The summed E-state index contributed by atoms with van der Waals surface area (Å²) in [5.74, 6) is 2.23. The second kappa shape index (κ2) is 9.86. The first-order valence-electron chi connectivity index (χ1n) is 6.96. The molecule has 9 heteroatoms. The van der Waals surface area contributed by atoms with Gasteiger partial charge in [0.2, 0.25) is 0 Å². The first-order valence-corrected chi connectivity index (χ1v) is 9.74. The Bertz CT molecular complexity index is 557. The van der Waals surface area contributed by atoms with Gasteiger partial charge in [-0.3, -0.25) is 5.41 Å². The largest absolute Gasteiger partial charge is 0.357 e. The Morgan fingerprint density at radius 2 is 2.27 bits per heavy atom. The molecule has 0 aliphatic heterocycles. The van der Waals surface area contributed by atoms with Gasteiger partial charge in [-0.15, -0.1) is 0 Å². The van der Waals surface area contributed by atoms with Crippen molar-refractivity contribution >= 4 is 45.2 Å². The predicted octanol–water partition coefficient (Wildman–Crippen LogP) is 2.61. The summed E-state index contributed by atoms with van der Waals surface area (Å²) in [5.41, 5.74) is 2.16. The maximum absolute atomic E-state index is 7.78. The molecule has 0 saturated carbocycles. The number of aromatic amines is 1. The highest BCUT2D eigenvalue weighted by atomic mass is 79.9. The van der Waals surface area contributed by atoms with Gasteiger partial charge in [-0.2, -0.15) is 16.1 Å². The topological polar surface area (TPSA) is 89.5 Å². The first kappa shape index (κ1) is 17.3. The molecular formula is C13H19BrN6S2. The molecule has 6 nitrogen and oxygen atoms in total. The molecule has 0 aromatic carbocycles. The van der Waals surface area contributed by atoms with Gasteiger partial charge in [0.15, 0.2) is 5.96 Å². The number of hydrogen-bond acceptors (Lipinski definition) is 5. The van der Waals surface area contributed by atoms with Crippen LogP contribution in [0.2, 0.25) is 0 Å². The van der Waals surface area contributed by atoms with Crippen molar-refractivity contribution in [3.63, 3.8) is 0 Å². The van der Waals surface area contributed by atoms with E-state index in [2.05, 4.69) is 40.9 Å². The maximum atomic E-state index is 7.78. The molecule has 0 amide bonds. The van der Waals surface area contributed by atoms with E-state index in [0.717, 1.165) is 53.3 Å². The third-order valence-electron chi connectivity index (χ3n) is 2.85. The molecule has 0 aliphatic rings. The highest BCUT2D eigenvalue weighted by Gasteiger charge is 2.02. The lowest BCUT2D eigenvalue weighted by Gasteiger charge is -2.09. The molecule has 2 aromatic heterocycles. The van der Waals surface area contributed by atoms with E-state index in [9.17, 15) is 0 Å². The van der Waals surface area contributed by atoms with Gasteiger partial charge >= 0.3 is 0 Å². The minimum absolute atomic E-state index is 0.387. The van der Waals surface area contributed by atoms with Crippen LogP contribution in [0.4, 0.5) is 0 Å². The minimum atomic E-state index is 0.387. The van der Waals surface area contributed by atoms with Crippen LogP contribution in [0.3, 0.4) is 0 Å². The summed E-state index contributed by atoms with van der Waals surface area (Å²) >= 11 is 6.75. The smallest absolute Gasteiger partial charge is 0.188 e. The van der Waals surface area contributed by atoms with Gasteiger partial charge < -0.3 is 15.6 Å². The standard InChI is InChI=1S/C13H19BrN6S2/c14-11-7-22-20-12(11)8-21-5-4-18-13(15)17-3-1-2-10-6-16-9-19-10/h6-7,9H,1-5,8H2,(H,16,19)(H3,15,17,18). The molecule has 0 atom stereocenters. The molecule has 0 saturated heterocycles. The summed E-state index contributed by atoms with van der Waals surface area (Å²) in [6.07, 6.45) is 5.47. The van der Waals surface area contributed by atoms with Crippen molar-refractivity contribution in [3.8, 4) is 0 Å². The number of imidazole rings is 1. The average Bonchev–Trinajstić information content (AvgIpc) is 3.15. The number of halogens is 1. The lowest BCUT2D eigenvalue weighted by atomic mass is 10.2. The van der Waals surface area contributed by atoms with E-state index < -0.39 is 0 Å². The zero-order chi connectivity index (χ0) is 15.6. The van der Waals surface area contributed by atoms with Crippen molar-refractivity contribution < 1.29 is 0 Å². The molecule has 120 valence electrons. The second-order valence-electron chi connectivity index (χ2n) is 4.55. The Kier molecular flexibility index (Phi) is 7.75. The number of H-pyrrole nitrogens is 1. The van der Waals surface area contributed by atoms with Gasteiger partial charge in [-0.05, 0) is 40.3 Å². The number of nitrogens with one attached hydrogen (secondary N) is 4. The third kappa shape index (κ3) is 6.37. The quantitative estimate of drug-likeness (QED) is 0.294. The zero-order valence-electron chi connectivity index (χ0n) is 12.1. The fourth-order valence-electron chi connectivity index (χ4n) is 1.73. The number of thioether (sulfide) groups is 1. The molecule has 0 bridgehead atoms. The van der Waals surface area contributed by atoms with E-state index in [-0.39, 0.29) is 0 Å². The molecule has 0 aliphatic carbocycles. The van der Waals surface area contributed by atoms with E-state index in [4.69, 9.17) is 5.41 Å².